The molecule has 1 fully saturated rings. The molecule has 0 N–H and O–H groups in total. The van der Waals surface area contributed by atoms with Gasteiger partial charge in [0.1, 0.15) is 5.82 Å². The van der Waals surface area contributed by atoms with Crippen LogP contribution in [0.2, 0.25) is 0 Å². The summed E-state index contributed by atoms with van der Waals surface area (Å²) in [6, 6.07) is 13.8. The second kappa shape index (κ2) is 9.35. The van der Waals surface area contributed by atoms with Crippen molar-refractivity contribution in [3.63, 3.8) is 0 Å². The molecule has 2 aromatic rings. The highest BCUT2D eigenvalue weighted by Crippen LogP contribution is 2.22. The number of carbonyl (C=O) groups excluding carboxylic acids is 2. The molecule has 0 bridgehead atoms. The quantitative estimate of drug-likeness (QED) is 0.773. The summed E-state index contributed by atoms with van der Waals surface area (Å²) in [7, 11) is 0. The van der Waals surface area contributed by atoms with E-state index in [1.165, 1.54) is 0 Å². The molecule has 0 unspecified atom stereocenters. The number of hydrogen-bond acceptors (Lipinski definition) is 4. The van der Waals surface area contributed by atoms with E-state index in [9.17, 15) is 9.59 Å². The van der Waals surface area contributed by atoms with Crippen LogP contribution in [-0.4, -0.2) is 54.4 Å². The summed E-state index contributed by atoms with van der Waals surface area (Å²) in [5.74, 6) is 1.02. The Kier molecular flexibility index (Phi) is 6.63. The highest BCUT2D eigenvalue weighted by molar-refractivity contribution is 5.93. The van der Waals surface area contributed by atoms with Gasteiger partial charge < -0.3 is 14.7 Å². The van der Waals surface area contributed by atoms with Crippen LogP contribution in [0, 0.1) is 0 Å². The number of para-hydroxylation sites is 1. The normalized spacial score (nSPS) is 14.1. The summed E-state index contributed by atoms with van der Waals surface area (Å²) in [6.45, 7) is 6.95. The van der Waals surface area contributed by atoms with Gasteiger partial charge in [0.2, 0.25) is 11.8 Å². The monoisotopic (exact) mass is 380 g/mol. The average molecular weight is 380 g/mol. The maximum absolute atomic E-state index is 12.7. The molecule has 3 rings (SSSR count). The van der Waals surface area contributed by atoms with E-state index in [2.05, 4.69) is 16.8 Å². The van der Waals surface area contributed by atoms with Gasteiger partial charge in [-0.2, -0.15) is 0 Å². The third-order valence-corrected chi connectivity index (χ3v) is 5.20. The van der Waals surface area contributed by atoms with Crippen molar-refractivity contribution in [2.24, 2.45) is 0 Å². The first-order valence-electron chi connectivity index (χ1n) is 9.90. The number of benzene rings is 1. The molecule has 1 aromatic heterocycles. The zero-order chi connectivity index (χ0) is 19.9. The van der Waals surface area contributed by atoms with E-state index in [0.717, 1.165) is 36.6 Å². The first-order valence-corrected chi connectivity index (χ1v) is 9.90. The smallest absolute Gasteiger partial charge is 0.224 e. The summed E-state index contributed by atoms with van der Waals surface area (Å²) in [6.07, 6.45) is 2.97. The molecule has 0 atom stereocenters. The maximum Gasteiger partial charge on any atom is 0.224 e. The fourth-order valence-electron chi connectivity index (χ4n) is 3.61. The minimum absolute atomic E-state index is 0.0336. The number of hydrogen-bond donors (Lipinski definition) is 0. The van der Waals surface area contributed by atoms with Gasteiger partial charge in [-0.1, -0.05) is 31.2 Å². The van der Waals surface area contributed by atoms with Crippen molar-refractivity contribution >= 4 is 23.3 Å². The lowest BCUT2D eigenvalue weighted by Crippen LogP contribution is -2.49. The topological polar surface area (TPSA) is 56.8 Å². The van der Waals surface area contributed by atoms with E-state index < -0.39 is 0 Å². The summed E-state index contributed by atoms with van der Waals surface area (Å²) < 4.78 is 0. The van der Waals surface area contributed by atoms with Crippen molar-refractivity contribution in [1.29, 1.82) is 0 Å². The van der Waals surface area contributed by atoms with E-state index in [0.29, 0.717) is 26.1 Å². The van der Waals surface area contributed by atoms with Gasteiger partial charge in [0, 0.05) is 58.0 Å². The van der Waals surface area contributed by atoms with Crippen LogP contribution < -0.4 is 9.80 Å². The van der Waals surface area contributed by atoms with Gasteiger partial charge in [-0.25, -0.2) is 4.98 Å². The number of carbonyl (C=O) groups is 2. The molecule has 0 spiro atoms. The molecule has 0 radical (unpaired) electrons. The van der Waals surface area contributed by atoms with Gasteiger partial charge >= 0.3 is 0 Å². The Morgan fingerprint density at radius 1 is 1.04 bits per heavy atom. The minimum Gasteiger partial charge on any atom is -0.353 e. The second-order valence-corrected chi connectivity index (χ2v) is 6.96. The molecule has 1 aromatic carbocycles. The van der Waals surface area contributed by atoms with Crippen LogP contribution in [0.3, 0.4) is 0 Å². The van der Waals surface area contributed by atoms with E-state index in [1.807, 2.05) is 47.4 Å². The van der Waals surface area contributed by atoms with Crippen molar-refractivity contribution in [3.05, 3.63) is 54.2 Å². The SMILES string of the molecule is CCc1ccccc1N(CCC(=O)N1CCN(c2ccccn2)CC1)C(C)=O. The van der Waals surface area contributed by atoms with Gasteiger partial charge in [0.25, 0.3) is 0 Å². The number of pyridine rings is 1. The lowest BCUT2D eigenvalue weighted by atomic mass is 10.1. The van der Waals surface area contributed by atoms with Crippen molar-refractivity contribution in [1.82, 2.24) is 9.88 Å². The van der Waals surface area contributed by atoms with E-state index in [-0.39, 0.29) is 11.8 Å². The number of piperazine rings is 1. The van der Waals surface area contributed by atoms with Gasteiger partial charge in [-0.3, -0.25) is 9.59 Å². The number of aryl methyl sites for hydroxylation is 1. The lowest BCUT2D eigenvalue weighted by Gasteiger charge is -2.35. The van der Waals surface area contributed by atoms with Crippen LogP contribution in [-0.2, 0) is 16.0 Å². The average Bonchev–Trinajstić information content (AvgIpc) is 2.74. The molecule has 2 heterocycles. The van der Waals surface area contributed by atoms with Crippen molar-refractivity contribution in [2.45, 2.75) is 26.7 Å². The second-order valence-electron chi connectivity index (χ2n) is 6.96. The Morgan fingerprint density at radius 2 is 1.75 bits per heavy atom. The number of aromatic nitrogens is 1. The molecule has 0 saturated carbocycles. The zero-order valence-corrected chi connectivity index (χ0v) is 16.7. The van der Waals surface area contributed by atoms with E-state index in [1.54, 1.807) is 18.0 Å². The standard InChI is InChI=1S/C22H28N4O2/c1-3-19-8-4-5-9-20(19)26(18(2)27)13-11-22(28)25-16-14-24(15-17-25)21-10-6-7-12-23-21/h4-10,12H,3,11,13-17H2,1-2H3. The van der Waals surface area contributed by atoms with Crippen LogP contribution in [0.15, 0.2) is 48.7 Å². The molecule has 1 aliphatic heterocycles. The fourth-order valence-corrected chi connectivity index (χ4v) is 3.61. The molecule has 1 saturated heterocycles. The number of anilines is 2. The van der Waals surface area contributed by atoms with Gasteiger partial charge in [0.15, 0.2) is 0 Å². The van der Waals surface area contributed by atoms with Crippen LogP contribution in [0.5, 0.6) is 0 Å². The Balaban J connectivity index is 1.56. The first-order chi connectivity index (χ1) is 13.6. The van der Waals surface area contributed by atoms with Gasteiger partial charge in [0.05, 0.1) is 0 Å². The highest BCUT2D eigenvalue weighted by Gasteiger charge is 2.23. The number of rotatable bonds is 6. The Morgan fingerprint density at radius 3 is 2.39 bits per heavy atom. The number of amides is 2. The molecule has 0 aliphatic carbocycles. The first kappa shape index (κ1) is 19.9. The van der Waals surface area contributed by atoms with Crippen LogP contribution in [0.1, 0.15) is 25.8 Å². The summed E-state index contributed by atoms with van der Waals surface area (Å²) in [5, 5.41) is 0. The lowest BCUT2D eigenvalue weighted by molar-refractivity contribution is -0.131. The fraction of sp³-hybridized carbons (Fsp3) is 0.409. The summed E-state index contributed by atoms with van der Waals surface area (Å²) >= 11 is 0. The Labute approximate surface area is 166 Å². The maximum atomic E-state index is 12.7. The van der Waals surface area contributed by atoms with Gasteiger partial charge in [-0.15, -0.1) is 0 Å². The molecular formula is C22H28N4O2. The molecule has 2 amide bonds. The molecule has 1 aliphatic rings. The molecule has 28 heavy (non-hydrogen) atoms. The van der Waals surface area contributed by atoms with Crippen LogP contribution in [0.25, 0.3) is 0 Å². The van der Waals surface area contributed by atoms with Crippen LogP contribution >= 0.6 is 0 Å². The van der Waals surface area contributed by atoms with Crippen molar-refractivity contribution < 1.29 is 9.59 Å². The van der Waals surface area contributed by atoms with Gasteiger partial charge in [-0.05, 0) is 30.2 Å². The van der Waals surface area contributed by atoms with Crippen molar-refractivity contribution in [3.8, 4) is 0 Å². The van der Waals surface area contributed by atoms with E-state index in [4.69, 9.17) is 0 Å². The zero-order valence-electron chi connectivity index (χ0n) is 16.7. The minimum atomic E-state index is -0.0336. The molecule has 148 valence electrons. The molecule has 6 nitrogen and oxygen atoms in total. The van der Waals surface area contributed by atoms with E-state index >= 15 is 0 Å². The summed E-state index contributed by atoms with van der Waals surface area (Å²) in [4.78, 5) is 35.1. The third kappa shape index (κ3) is 4.68. The predicted octanol–water partition coefficient (Wildman–Crippen LogP) is 2.74. The molecule has 6 heteroatoms. The van der Waals surface area contributed by atoms with Crippen molar-refractivity contribution in [2.75, 3.05) is 42.5 Å². The molecular weight excluding hydrogens is 352 g/mol. The number of nitrogens with zero attached hydrogens (tertiary/aromatic N) is 4. The highest BCUT2D eigenvalue weighted by atomic mass is 16.2. The summed E-state index contributed by atoms with van der Waals surface area (Å²) in [5.41, 5.74) is 2.03. The van der Waals surface area contributed by atoms with Crippen LogP contribution in [0.4, 0.5) is 11.5 Å². The Bertz CT molecular complexity index is 801. The largest absolute Gasteiger partial charge is 0.353 e. The third-order valence-electron chi connectivity index (χ3n) is 5.20. The Hall–Kier alpha value is -2.89. The predicted molar refractivity (Wildman–Crippen MR) is 111 cm³/mol.